The number of nitrogens with one attached hydrogen (secondary N) is 1. The lowest BCUT2D eigenvalue weighted by Crippen LogP contribution is -2.56. The maximum Gasteiger partial charge on any atom is 0.242 e. The highest BCUT2D eigenvalue weighted by Gasteiger charge is 2.32. The second-order valence-corrected chi connectivity index (χ2v) is 5.29. The molecule has 0 saturated heterocycles. The Bertz CT molecular complexity index is 232. The van der Waals surface area contributed by atoms with Crippen molar-refractivity contribution in [3.63, 3.8) is 0 Å². The molecule has 4 nitrogen and oxygen atoms in total. The molecule has 16 heavy (non-hydrogen) atoms. The van der Waals surface area contributed by atoms with Crippen LogP contribution >= 0.6 is 0 Å². The van der Waals surface area contributed by atoms with Crippen molar-refractivity contribution >= 4 is 5.91 Å². The van der Waals surface area contributed by atoms with Crippen molar-refractivity contribution in [1.29, 1.82) is 0 Å². The molecule has 0 aliphatic heterocycles. The van der Waals surface area contributed by atoms with Crippen LogP contribution in [0, 0.1) is 0 Å². The lowest BCUT2D eigenvalue weighted by molar-refractivity contribution is -0.139. The molecule has 0 bridgehead atoms. The number of amides is 1. The van der Waals surface area contributed by atoms with Gasteiger partial charge in [-0.3, -0.25) is 4.79 Å². The molecule has 2 N–H and O–H groups in total. The third kappa shape index (κ3) is 4.94. The van der Waals surface area contributed by atoms with Crippen molar-refractivity contribution in [3.05, 3.63) is 0 Å². The molecule has 0 heterocycles. The monoisotopic (exact) mass is 230 g/mol. The van der Waals surface area contributed by atoms with Crippen molar-refractivity contribution in [3.8, 4) is 0 Å². The van der Waals surface area contributed by atoms with Crippen molar-refractivity contribution in [2.24, 2.45) is 0 Å². The van der Waals surface area contributed by atoms with E-state index in [1.807, 2.05) is 27.7 Å². The Labute approximate surface area is 99.0 Å². The Balaban J connectivity index is 4.65. The van der Waals surface area contributed by atoms with Crippen LogP contribution in [0.5, 0.6) is 0 Å². The van der Waals surface area contributed by atoms with Crippen LogP contribution in [0.4, 0.5) is 0 Å². The van der Waals surface area contributed by atoms with Crippen LogP contribution in [0.25, 0.3) is 0 Å². The molecule has 0 atom stereocenters. The van der Waals surface area contributed by atoms with Gasteiger partial charge in [-0.2, -0.15) is 0 Å². The van der Waals surface area contributed by atoms with Crippen molar-refractivity contribution < 1.29 is 9.90 Å². The second kappa shape index (κ2) is 5.64. The van der Waals surface area contributed by atoms with Crippen LogP contribution in [0.1, 0.15) is 41.5 Å². The van der Waals surface area contributed by atoms with Gasteiger partial charge in [0.2, 0.25) is 5.91 Å². The molecule has 0 saturated carbocycles. The topological polar surface area (TPSA) is 52.6 Å². The molecular formula is C12H26N2O2. The number of aliphatic hydroxyl groups is 1. The van der Waals surface area contributed by atoms with Gasteiger partial charge in [-0.05, 0) is 41.2 Å². The van der Waals surface area contributed by atoms with Crippen LogP contribution in [-0.4, -0.2) is 46.7 Å². The van der Waals surface area contributed by atoms with E-state index in [-0.39, 0.29) is 5.91 Å². The van der Waals surface area contributed by atoms with E-state index < -0.39 is 11.1 Å². The quantitative estimate of drug-likeness (QED) is 0.715. The smallest absolute Gasteiger partial charge is 0.242 e. The molecule has 0 aromatic carbocycles. The highest BCUT2D eigenvalue weighted by atomic mass is 16.3. The lowest BCUT2D eigenvalue weighted by atomic mass is 10.0. The van der Waals surface area contributed by atoms with Crippen LogP contribution in [0.3, 0.4) is 0 Å². The molecule has 0 aliphatic carbocycles. The fourth-order valence-corrected chi connectivity index (χ4v) is 1.71. The number of rotatable bonds is 6. The van der Waals surface area contributed by atoms with Gasteiger partial charge in [0.25, 0.3) is 0 Å². The van der Waals surface area contributed by atoms with Gasteiger partial charge in [0, 0.05) is 13.1 Å². The van der Waals surface area contributed by atoms with E-state index in [0.29, 0.717) is 13.1 Å². The first-order valence-corrected chi connectivity index (χ1v) is 5.91. The number of hydrogen-bond donors (Lipinski definition) is 2. The van der Waals surface area contributed by atoms with Crippen molar-refractivity contribution in [2.45, 2.75) is 52.7 Å². The molecule has 0 radical (unpaired) electrons. The summed E-state index contributed by atoms with van der Waals surface area (Å²) >= 11 is 0. The van der Waals surface area contributed by atoms with E-state index in [1.165, 1.54) is 0 Å². The lowest BCUT2D eigenvalue weighted by Gasteiger charge is -2.35. The zero-order valence-corrected chi connectivity index (χ0v) is 11.4. The highest BCUT2D eigenvalue weighted by molar-refractivity contribution is 5.85. The summed E-state index contributed by atoms with van der Waals surface area (Å²) in [5, 5.41) is 12.9. The standard InChI is InChI=1S/C12H26N2O2/c1-7-13-12(5,6)10(15)14(8-2)9-11(3,4)16/h13,16H,7-9H2,1-6H3. The zero-order chi connectivity index (χ0) is 13.0. The summed E-state index contributed by atoms with van der Waals surface area (Å²) in [6.07, 6.45) is 0. The van der Waals surface area contributed by atoms with Gasteiger partial charge >= 0.3 is 0 Å². The molecule has 4 heteroatoms. The minimum Gasteiger partial charge on any atom is -0.389 e. The summed E-state index contributed by atoms with van der Waals surface area (Å²) in [6.45, 7) is 12.8. The molecule has 0 aromatic heterocycles. The van der Waals surface area contributed by atoms with E-state index in [1.54, 1.807) is 18.7 Å². The van der Waals surface area contributed by atoms with Gasteiger partial charge in [0.1, 0.15) is 0 Å². The van der Waals surface area contributed by atoms with Crippen LogP contribution in [0.15, 0.2) is 0 Å². The average Bonchev–Trinajstić information content (AvgIpc) is 2.11. The maximum atomic E-state index is 12.2. The van der Waals surface area contributed by atoms with E-state index in [4.69, 9.17) is 0 Å². The highest BCUT2D eigenvalue weighted by Crippen LogP contribution is 2.12. The molecule has 96 valence electrons. The normalized spacial score (nSPS) is 12.7. The summed E-state index contributed by atoms with van der Waals surface area (Å²) in [7, 11) is 0. The van der Waals surface area contributed by atoms with Gasteiger partial charge < -0.3 is 15.3 Å². The molecule has 0 rings (SSSR count). The summed E-state index contributed by atoms with van der Waals surface area (Å²) in [5.41, 5.74) is -1.43. The predicted molar refractivity (Wildman–Crippen MR) is 66.3 cm³/mol. The largest absolute Gasteiger partial charge is 0.389 e. The van der Waals surface area contributed by atoms with Gasteiger partial charge in [-0.25, -0.2) is 0 Å². The Morgan fingerprint density at radius 1 is 1.25 bits per heavy atom. The van der Waals surface area contributed by atoms with E-state index >= 15 is 0 Å². The predicted octanol–water partition coefficient (Wildman–Crippen LogP) is 0.994. The Morgan fingerprint density at radius 3 is 2.06 bits per heavy atom. The van der Waals surface area contributed by atoms with Crippen LogP contribution in [-0.2, 0) is 4.79 Å². The minimum atomic E-state index is -0.853. The summed E-state index contributed by atoms with van der Waals surface area (Å²) in [6, 6.07) is 0. The first kappa shape index (κ1) is 15.4. The van der Waals surface area contributed by atoms with E-state index in [9.17, 15) is 9.90 Å². The Kier molecular flexibility index (Phi) is 5.42. The maximum absolute atomic E-state index is 12.2. The summed E-state index contributed by atoms with van der Waals surface area (Å²) in [5.74, 6) is 0.0268. The van der Waals surface area contributed by atoms with Gasteiger partial charge in [0.15, 0.2) is 0 Å². The van der Waals surface area contributed by atoms with Gasteiger partial charge in [-0.15, -0.1) is 0 Å². The Morgan fingerprint density at radius 2 is 1.75 bits per heavy atom. The summed E-state index contributed by atoms with van der Waals surface area (Å²) < 4.78 is 0. The second-order valence-electron chi connectivity index (χ2n) is 5.29. The third-order valence-corrected chi connectivity index (χ3v) is 2.40. The number of nitrogens with zero attached hydrogens (tertiary/aromatic N) is 1. The van der Waals surface area contributed by atoms with Crippen molar-refractivity contribution in [1.82, 2.24) is 10.2 Å². The molecule has 0 aliphatic rings. The first-order chi connectivity index (χ1) is 7.14. The van der Waals surface area contributed by atoms with Crippen molar-refractivity contribution in [2.75, 3.05) is 19.6 Å². The van der Waals surface area contributed by atoms with E-state index in [0.717, 1.165) is 6.54 Å². The minimum absolute atomic E-state index is 0.0268. The SMILES string of the molecule is CCNC(C)(C)C(=O)N(CC)CC(C)(C)O. The molecule has 0 spiro atoms. The number of hydrogen-bond acceptors (Lipinski definition) is 3. The third-order valence-electron chi connectivity index (χ3n) is 2.40. The molecular weight excluding hydrogens is 204 g/mol. The Hall–Kier alpha value is -0.610. The van der Waals surface area contributed by atoms with Gasteiger partial charge in [0.05, 0.1) is 11.1 Å². The van der Waals surface area contributed by atoms with E-state index in [2.05, 4.69) is 5.32 Å². The zero-order valence-electron chi connectivity index (χ0n) is 11.4. The number of carbonyl (C=O) groups excluding carboxylic acids is 1. The fraction of sp³-hybridized carbons (Fsp3) is 0.917. The number of likely N-dealkylation sites (N-methyl/N-ethyl adjacent to an activating group) is 2. The average molecular weight is 230 g/mol. The van der Waals surface area contributed by atoms with Crippen LogP contribution in [0.2, 0.25) is 0 Å². The molecule has 0 fully saturated rings. The molecule has 1 amide bonds. The first-order valence-electron chi connectivity index (χ1n) is 5.91. The number of carbonyl (C=O) groups is 1. The molecule has 0 aromatic rings. The van der Waals surface area contributed by atoms with Crippen LogP contribution < -0.4 is 5.32 Å². The molecule has 0 unspecified atom stereocenters. The fourth-order valence-electron chi connectivity index (χ4n) is 1.71. The van der Waals surface area contributed by atoms with Gasteiger partial charge in [-0.1, -0.05) is 6.92 Å². The summed E-state index contributed by atoms with van der Waals surface area (Å²) in [4.78, 5) is 13.9.